The van der Waals surface area contributed by atoms with Crippen molar-refractivity contribution in [1.82, 2.24) is 0 Å². The number of carbonyl (C=O) groups excluding carboxylic acids is 3. The Kier molecular flexibility index (Phi) is 7.18. The van der Waals surface area contributed by atoms with Gasteiger partial charge in [-0.1, -0.05) is 12.2 Å². The zero-order chi connectivity index (χ0) is 23.5. The molecule has 1 heterocycles. The first-order valence-electron chi connectivity index (χ1n) is 10.4. The van der Waals surface area contributed by atoms with Crippen LogP contribution in [0.5, 0.6) is 0 Å². The van der Waals surface area contributed by atoms with Gasteiger partial charge in [0.15, 0.2) is 0 Å². The van der Waals surface area contributed by atoms with Crippen molar-refractivity contribution in [3.63, 3.8) is 0 Å². The molecule has 2 aliphatic rings. The lowest BCUT2D eigenvalue weighted by atomic mass is 9.82. The van der Waals surface area contributed by atoms with Crippen molar-refractivity contribution in [2.24, 2.45) is 11.8 Å². The summed E-state index contributed by atoms with van der Waals surface area (Å²) >= 11 is 3.48. The van der Waals surface area contributed by atoms with Crippen LogP contribution < -0.4 is 10.2 Å². The summed E-state index contributed by atoms with van der Waals surface area (Å²) < 4.78 is 1.02. The summed E-state index contributed by atoms with van der Waals surface area (Å²) in [4.78, 5) is 51.4. The van der Waals surface area contributed by atoms with Crippen molar-refractivity contribution >= 4 is 69.4 Å². The number of carbonyl (C=O) groups is 4. The molecule has 7 nitrogen and oxygen atoms in total. The zero-order valence-corrected chi connectivity index (χ0v) is 20.4. The van der Waals surface area contributed by atoms with Crippen LogP contribution in [0.2, 0.25) is 0 Å². The van der Waals surface area contributed by atoms with Crippen molar-refractivity contribution in [3.8, 4) is 0 Å². The maximum Gasteiger partial charge on any atom is 0.307 e. The number of hydrogen-bond acceptors (Lipinski definition) is 5. The fraction of sp³-hybridized carbons (Fsp3) is 0.250. The van der Waals surface area contributed by atoms with Gasteiger partial charge in [0.25, 0.3) is 0 Å². The number of carboxylic acid groups (broad SMARTS) is 1. The molecule has 9 heteroatoms. The third-order valence-electron chi connectivity index (χ3n) is 5.68. The van der Waals surface area contributed by atoms with Gasteiger partial charge in [-0.2, -0.15) is 0 Å². The SMILES string of the molecule is O=C(O)[C@@H]1CC=CC[C@H]1C(=O)Nc1ccc(S[C@H]2CC(=O)N(c3ccc(I)cc3)C2=O)cc1. The normalized spacial score (nSPS) is 22.5. The molecular formula is C24H21IN2O5S. The predicted molar refractivity (Wildman–Crippen MR) is 134 cm³/mol. The monoisotopic (exact) mass is 576 g/mol. The third-order valence-corrected chi connectivity index (χ3v) is 7.59. The molecule has 3 amide bonds. The molecule has 2 aromatic rings. The Morgan fingerprint density at radius 1 is 0.970 bits per heavy atom. The van der Waals surface area contributed by atoms with Crippen molar-refractivity contribution in [1.29, 1.82) is 0 Å². The van der Waals surface area contributed by atoms with Crippen LogP contribution in [0.1, 0.15) is 19.3 Å². The minimum Gasteiger partial charge on any atom is -0.481 e. The second kappa shape index (κ2) is 10.1. The van der Waals surface area contributed by atoms with E-state index >= 15 is 0 Å². The zero-order valence-electron chi connectivity index (χ0n) is 17.4. The fourth-order valence-corrected chi connectivity index (χ4v) is 5.36. The summed E-state index contributed by atoms with van der Waals surface area (Å²) in [6.45, 7) is 0. The van der Waals surface area contributed by atoms with Gasteiger partial charge < -0.3 is 10.4 Å². The van der Waals surface area contributed by atoms with E-state index in [2.05, 4.69) is 27.9 Å². The molecule has 0 unspecified atom stereocenters. The quantitative estimate of drug-likeness (QED) is 0.302. The first-order chi connectivity index (χ1) is 15.8. The highest BCUT2D eigenvalue weighted by Crippen LogP contribution is 2.35. The van der Waals surface area contributed by atoms with E-state index in [1.54, 1.807) is 42.5 Å². The average molecular weight is 576 g/mol. The Hall–Kier alpha value is -2.66. The van der Waals surface area contributed by atoms with Gasteiger partial charge in [0, 0.05) is 20.6 Å². The van der Waals surface area contributed by atoms with Crippen molar-refractivity contribution in [3.05, 3.63) is 64.3 Å². The molecule has 1 aliphatic carbocycles. The highest BCUT2D eigenvalue weighted by Gasteiger charge is 2.40. The van der Waals surface area contributed by atoms with E-state index in [4.69, 9.17) is 0 Å². The number of nitrogens with zero attached hydrogens (tertiary/aromatic N) is 1. The molecule has 4 rings (SSSR count). The van der Waals surface area contributed by atoms with Crippen LogP contribution in [0.15, 0.2) is 65.6 Å². The van der Waals surface area contributed by atoms with Crippen LogP contribution in [-0.4, -0.2) is 34.0 Å². The molecule has 0 radical (unpaired) electrons. The Morgan fingerprint density at radius 3 is 2.24 bits per heavy atom. The van der Waals surface area contributed by atoms with E-state index < -0.39 is 23.1 Å². The second-order valence-corrected chi connectivity index (χ2v) is 10.4. The number of anilines is 2. The minimum absolute atomic E-state index is 0.125. The first-order valence-corrected chi connectivity index (χ1v) is 12.4. The lowest BCUT2D eigenvalue weighted by Crippen LogP contribution is -2.34. The van der Waals surface area contributed by atoms with Crippen LogP contribution in [-0.2, 0) is 19.2 Å². The van der Waals surface area contributed by atoms with Gasteiger partial charge in [-0.05, 0) is 84.0 Å². The van der Waals surface area contributed by atoms with E-state index in [1.807, 2.05) is 18.2 Å². The molecule has 1 fully saturated rings. The van der Waals surface area contributed by atoms with E-state index in [-0.39, 0.29) is 24.1 Å². The van der Waals surface area contributed by atoms with E-state index in [0.717, 1.165) is 8.47 Å². The average Bonchev–Trinajstić information content (AvgIpc) is 3.08. The standard InChI is InChI=1S/C24H21IN2O5S/c25-14-5-9-16(10-6-14)27-21(28)13-20(23(27)30)33-17-11-7-15(8-12-17)26-22(29)18-3-1-2-4-19(18)24(31)32/h1-2,5-12,18-20H,3-4,13H2,(H,26,29)(H,31,32)/t18-,19-,20+/m1/s1. The Labute approximate surface area is 208 Å². The summed E-state index contributed by atoms with van der Waals surface area (Å²) in [6, 6.07) is 14.2. The van der Waals surface area contributed by atoms with Crippen LogP contribution in [0.4, 0.5) is 11.4 Å². The van der Waals surface area contributed by atoms with Gasteiger partial charge in [-0.3, -0.25) is 19.2 Å². The lowest BCUT2D eigenvalue weighted by Gasteiger charge is -2.24. The highest BCUT2D eigenvalue weighted by atomic mass is 127. The fourth-order valence-electron chi connectivity index (χ4n) is 3.95. The van der Waals surface area contributed by atoms with Crippen molar-refractivity contribution in [2.75, 3.05) is 10.2 Å². The van der Waals surface area contributed by atoms with Crippen LogP contribution in [0.3, 0.4) is 0 Å². The third kappa shape index (κ3) is 5.30. The number of nitrogens with one attached hydrogen (secondary N) is 1. The number of benzene rings is 2. The molecule has 2 N–H and O–H groups in total. The van der Waals surface area contributed by atoms with E-state index in [1.165, 1.54) is 16.7 Å². The van der Waals surface area contributed by atoms with Crippen LogP contribution in [0.25, 0.3) is 0 Å². The van der Waals surface area contributed by atoms with Gasteiger partial charge in [-0.15, -0.1) is 11.8 Å². The molecule has 3 atom stereocenters. The molecule has 2 aromatic carbocycles. The number of imide groups is 1. The molecule has 0 bridgehead atoms. The number of thioether (sulfide) groups is 1. The van der Waals surface area contributed by atoms with Crippen molar-refractivity contribution in [2.45, 2.75) is 29.4 Å². The van der Waals surface area contributed by atoms with E-state index in [0.29, 0.717) is 24.2 Å². The number of carboxylic acids is 1. The van der Waals surface area contributed by atoms with Crippen LogP contribution in [0, 0.1) is 15.4 Å². The Balaban J connectivity index is 1.39. The van der Waals surface area contributed by atoms with Gasteiger partial charge in [0.05, 0.1) is 22.8 Å². The maximum atomic E-state index is 12.9. The smallest absolute Gasteiger partial charge is 0.307 e. The lowest BCUT2D eigenvalue weighted by molar-refractivity contribution is -0.146. The van der Waals surface area contributed by atoms with E-state index in [9.17, 15) is 24.3 Å². The number of rotatable bonds is 6. The molecular weight excluding hydrogens is 555 g/mol. The summed E-state index contributed by atoms with van der Waals surface area (Å²) in [7, 11) is 0. The molecule has 170 valence electrons. The molecule has 33 heavy (non-hydrogen) atoms. The van der Waals surface area contributed by atoms with Gasteiger partial charge in [-0.25, -0.2) is 4.90 Å². The number of hydrogen-bond donors (Lipinski definition) is 2. The Bertz CT molecular complexity index is 1120. The molecule has 0 spiro atoms. The number of halogens is 1. The summed E-state index contributed by atoms with van der Waals surface area (Å²) in [5.74, 6) is -3.10. The molecule has 0 saturated carbocycles. The van der Waals surface area contributed by atoms with Gasteiger partial charge in [0.2, 0.25) is 17.7 Å². The van der Waals surface area contributed by atoms with Crippen molar-refractivity contribution < 1.29 is 24.3 Å². The minimum atomic E-state index is -0.971. The Morgan fingerprint density at radius 2 is 1.61 bits per heavy atom. The maximum absolute atomic E-state index is 12.9. The van der Waals surface area contributed by atoms with Crippen LogP contribution >= 0.6 is 34.4 Å². The topological polar surface area (TPSA) is 104 Å². The number of allylic oxidation sites excluding steroid dienone is 2. The first kappa shape index (κ1) is 23.5. The molecule has 0 aromatic heterocycles. The van der Waals surface area contributed by atoms with Gasteiger partial charge >= 0.3 is 5.97 Å². The molecule has 1 aliphatic heterocycles. The predicted octanol–water partition coefficient (Wildman–Crippen LogP) is 4.32. The molecule has 1 saturated heterocycles. The second-order valence-electron chi connectivity index (χ2n) is 7.86. The number of amides is 3. The summed E-state index contributed by atoms with van der Waals surface area (Å²) in [5.41, 5.74) is 1.13. The van der Waals surface area contributed by atoms with Gasteiger partial charge in [0.1, 0.15) is 0 Å². The summed E-state index contributed by atoms with van der Waals surface area (Å²) in [5, 5.41) is 11.6. The highest BCUT2D eigenvalue weighted by molar-refractivity contribution is 14.1. The largest absolute Gasteiger partial charge is 0.481 e. The summed E-state index contributed by atoms with van der Waals surface area (Å²) in [6.07, 6.45) is 4.49. The number of aliphatic carboxylic acids is 1.